The standard InChI is InChI=1S/C11H10N2S/c12-8-10-4-5-11(13)7-9(10)3-1-2-6-14/h4-5,7,14H,2,6,13H2. The Labute approximate surface area is 89.1 Å². The highest BCUT2D eigenvalue weighted by molar-refractivity contribution is 7.80. The van der Waals surface area contributed by atoms with Crippen LogP contribution in [0.2, 0.25) is 0 Å². The van der Waals surface area contributed by atoms with E-state index in [1.165, 1.54) is 0 Å². The SMILES string of the molecule is N#Cc1ccc(N)cc1C#CCCS. The highest BCUT2D eigenvalue weighted by atomic mass is 32.1. The Balaban J connectivity index is 3.02. The predicted octanol–water partition coefficient (Wildman–Crippen LogP) is 1.81. The molecule has 0 unspecified atom stereocenters. The monoisotopic (exact) mass is 202 g/mol. The maximum Gasteiger partial charge on any atom is 0.100 e. The van der Waals surface area contributed by atoms with E-state index in [9.17, 15) is 0 Å². The van der Waals surface area contributed by atoms with E-state index >= 15 is 0 Å². The van der Waals surface area contributed by atoms with Crippen molar-refractivity contribution in [3.63, 3.8) is 0 Å². The first-order chi connectivity index (χ1) is 6.77. The normalized spacial score (nSPS) is 8.57. The van der Waals surface area contributed by atoms with E-state index in [-0.39, 0.29) is 0 Å². The summed E-state index contributed by atoms with van der Waals surface area (Å²) in [6.45, 7) is 0. The average Bonchev–Trinajstić information content (AvgIpc) is 2.19. The van der Waals surface area contributed by atoms with Gasteiger partial charge in [-0.05, 0) is 18.2 Å². The van der Waals surface area contributed by atoms with Gasteiger partial charge in [-0.3, -0.25) is 0 Å². The fraction of sp³-hybridized carbons (Fsp3) is 0.182. The summed E-state index contributed by atoms with van der Waals surface area (Å²) in [6, 6.07) is 7.16. The smallest absolute Gasteiger partial charge is 0.100 e. The number of thiol groups is 1. The average molecular weight is 202 g/mol. The molecule has 1 aromatic rings. The Morgan fingerprint density at radius 3 is 2.79 bits per heavy atom. The molecule has 2 nitrogen and oxygen atoms in total. The summed E-state index contributed by atoms with van der Waals surface area (Å²) in [5.41, 5.74) is 7.47. The van der Waals surface area contributed by atoms with Crippen molar-refractivity contribution in [2.75, 3.05) is 11.5 Å². The van der Waals surface area contributed by atoms with Crippen LogP contribution in [0, 0.1) is 23.2 Å². The van der Waals surface area contributed by atoms with E-state index in [1.54, 1.807) is 18.2 Å². The molecule has 1 aromatic carbocycles. The summed E-state index contributed by atoms with van der Waals surface area (Å²) < 4.78 is 0. The van der Waals surface area contributed by atoms with Crippen molar-refractivity contribution < 1.29 is 0 Å². The number of nitriles is 1. The van der Waals surface area contributed by atoms with Gasteiger partial charge in [-0.15, -0.1) is 0 Å². The molecular formula is C11H10N2S. The fourth-order valence-electron chi connectivity index (χ4n) is 0.976. The molecule has 0 radical (unpaired) electrons. The molecule has 70 valence electrons. The van der Waals surface area contributed by atoms with E-state index in [2.05, 4.69) is 30.5 Å². The topological polar surface area (TPSA) is 49.8 Å². The molecule has 0 saturated carbocycles. The first-order valence-electron chi connectivity index (χ1n) is 4.17. The number of rotatable bonds is 1. The second-order valence-electron chi connectivity index (χ2n) is 2.69. The molecule has 0 bridgehead atoms. The van der Waals surface area contributed by atoms with Crippen LogP contribution in [-0.4, -0.2) is 5.75 Å². The zero-order chi connectivity index (χ0) is 10.4. The molecule has 0 aromatic heterocycles. The Bertz CT molecular complexity index is 421. The second-order valence-corrected chi connectivity index (χ2v) is 3.14. The minimum absolute atomic E-state index is 0.561. The molecule has 0 amide bonds. The Morgan fingerprint density at radius 2 is 2.14 bits per heavy atom. The van der Waals surface area contributed by atoms with E-state index in [0.717, 1.165) is 5.75 Å². The molecule has 1 rings (SSSR count). The molecule has 14 heavy (non-hydrogen) atoms. The van der Waals surface area contributed by atoms with Crippen molar-refractivity contribution >= 4 is 18.3 Å². The van der Waals surface area contributed by atoms with Crippen LogP contribution in [0.4, 0.5) is 5.69 Å². The van der Waals surface area contributed by atoms with Crippen LogP contribution >= 0.6 is 12.6 Å². The van der Waals surface area contributed by atoms with Gasteiger partial charge in [0.2, 0.25) is 0 Å². The van der Waals surface area contributed by atoms with Crippen LogP contribution in [0.5, 0.6) is 0 Å². The molecular weight excluding hydrogens is 192 g/mol. The van der Waals surface area contributed by atoms with Crippen molar-refractivity contribution in [3.05, 3.63) is 29.3 Å². The number of benzene rings is 1. The summed E-state index contributed by atoms with van der Waals surface area (Å²) in [5.74, 6) is 6.54. The lowest BCUT2D eigenvalue weighted by atomic mass is 10.1. The summed E-state index contributed by atoms with van der Waals surface area (Å²) in [4.78, 5) is 0. The lowest BCUT2D eigenvalue weighted by Gasteiger charge is -1.96. The molecule has 0 saturated heterocycles. The van der Waals surface area contributed by atoms with Gasteiger partial charge in [0.15, 0.2) is 0 Å². The summed E-state index contributed by atoms with van der Waals surface area (Å²) in [7, 11) is 0. The minimum Gasteiger partial charge on any atom is -0.399 e. The van der Waals surface area contributed by atoms with E-state index in [4.69, 9.17) is 11.0 Å². The van der Waals surface area contributed by atoms with Crippen LogP contribution in [0.3, 0.4) is 0 Å². The van der Waals surface area contributed by atoms with E-state index in [0.29, 0.717) is 23.2 Å². The zero-order valence-corrected chi connectivity index (χ0v) is 8.51. The molecule has 0 aliphatic heterocycles. The van der Waals surface area contributed by atoms with Crippen molar-refractivity contribution in [3.8, 4) is 17.9 Å². The van der Waals surface area contributed by atoms with E-state index < -0.39 is 0 Å². The van der Waals surface area contributed by atoms with Gasteiger partial charge in [-0.25, -0.2) is 0 Å². The van der Waals surface area contributed by atoms with Crippen molar-refractivity contribution in [1.82, 2.24) is 0 Å². The maximum atomic E-state index is 8.79. The summed E-state index contributed by atoms with van der Waals surface area (Å²) in [5, 5.41) is 8.79. The van der Waals surface area contributed by atoms with Crippen LogP contribution in [0.1, 0.15) is 17.5 Å². The quantitative estimate of drug-likeness (QED) is 0.414. The molecule has 0 aliphatic rings. The fourth-order valence-corrected chi connectivity index (χ4v) is 1.09. The molecule has 0 aliphatic carbocycles. The highest BCUT2D eigenvalue weighted by Gasteiger charge is 1.98. The van der Waals surface area contributed by atoms with Gasteiger partial charge in [-0.1, -0.05) is 11.8 Å². The van der Waals surface area contributed by atoms with Crippen LogP contribution in [-0.2, 0) is 0 Å². The Kier molecular flexibility index (Phi) is 3.91. The van der Waals surface area contributed by atoms with Crippen LogP contribution < -0.4 is 5.73 Å². The van der Waals surface area contributed by atoms with Crippen molar-refractivity contribution in [1.29, 1.82) is 5.26 Å². The second kappa shape index (κ2) is 5.21. The Morgan fingerprint density at radius 1 is 1.36 bits per heavy atom. The maximum absolute atomic E-state index is 8.79. The third-order valence-corrected chi connectivity index (χ3v) is 1.85. The molecule has 0 fully saturated rings. The molecule has 0 heterocycles. The number of hydrogen-bond acceptors (Lipinski definition) is 3. The molecule has 0 spiro atoms. The Hall–Kier alpha value is -1.58. The van der Waals surface area contributed by atoms with Gasteiger partial charge < -0.3 is 5.73 Å². The van der Waals surface area contributed by atoms with Gasteiger partial charge in [-0.2, -0.15) is 17.9 Å². The third-order valence-electron chi connectivity index (χ3n) is 1.62. The van der Waals surface area contributed by atoms with Gasteiger partial charge in [0.25, 0.3) is 0 Å². The summed E-state index contributed by atoms with van der Waals surface area (Å²) >= 11 is 4.04. The lowest BCUT2D eigenvalue weighted by Crippen LogP contribution is -1.89. The third kappa shape index (κ3) is 2.73. The zero-order valence-electron chi connectivity index (χ0n) is 7.62. The number of nitrogen functional groups attached to an aromatic ring is 1. The molecule has 0 atom stereocenters. The van der Waals surface area contributed by atoms with Gasteiger partial charge in [0.1, 0.15) is 6.07 Å². The highest BCUT2D eigenvalue weighted by Crippen LogP contribution is 2.11. The van der Waals surface area contributed by atoms with Crippen molar-refractivity contribution in [2.24, 2.45) is 0 Å². The minimum atomic E-state index is 0.561. The van der Waals surface area contributed by atoms with Gasteiger partial charge in [0.05, 0.1) is 5.56 Å². The lowest BCUT2D eigenvalue weighted by molar-refractivity contribution is 1.31. The molecule has 2 N–H and O–H groups in total. The van der Waals surface area contributed by atoms with E-state index in [1.807, 2.05) is 0 Å². The number of hydrogen-bond donors (Lipinski definition) is 2. The van der Waals surface area contributed by atoms with Crippen LogP contribution in [0.25, 0.3) is 0 Å². The first kappa shape index (κ1) is 10.5. The summed E-state index contributed by atoms with van der Waals surface area (Å²) in [6.07, 6.45) is 0.711. The number of nitrogens with zero attached hydrogens (tertiary/aromatic N) is 1. The van der Waals surface area contributed by atoms with Gasteiger partial charge >= 0.3 is 0 Å². The van der Waals surface area contributed by atoms with Crippen molar-refractivity contribution in [2.45, 2.75) is 6.42 Å². The molecule has 3 heteroatoms. The predicted molar refractivity (Wildman–Crippen MR) is 60.9 cm³/mol. The largest absolute Gasteiger partial charge is 0.399 e. The number of nitrogens with two attached hydrogens (primary N) is 1. The van der Waals surface area contributed by atoms with Gasteiger partial charge in [0, 0.05) is 23.4 Å². The first-order valence-corrected chi connectivity index (χ1v) is 4.80. The number of anilines is 1. The van der Waals surface area contributed by atoms with Crippen LogP contribution in [0.15, 0.2) is 18.2 Å².